The highest BCUT2D eigenvalue weighted by Crippen LogP contribution is 2.17. The lowest BCUT2D eigenvalue weighted by atomic mass is 10.2. The van der Waals surface area contributed by atoms with E-state index in [1.54, 1.807) is 6.20 Å². The second kappa shape index (κ2) is 3.89. The Bertz CT molecular complexity index is 280. The number of nitrogens with zero attached hydrogens (tertiary/aromatic N) is 2. The summed E-state index contributed by atoms with van der Waals surface area (Å²) in [5, 5.41) is 8.94. The van der Waals surface area contributed by atoms with Gasteiger partial charge < -0.3 is 15.4 Å². The van der Waals surface area contributed by atoms with Gasteiger partial charge in [-0.25, -0.2) is 4.98 Å². The summed E-state index contributed by atoms with van der Waals surface area (Å²) in [7, 11) is 0. The van der Waals surface area contributed by atoms with Crippen LogP contribution >= 0.6 is 0 Å². The average Bonchev–Trinajstić information content (AvgIpc) is 2.45. The van der Waals surface area contributed by atoms with E-state index in [-0.39, 0.29) is 12.6 Å². The molecule has 1 aromatic heterocycles. The van der Waals surface area contributed by atoms with Crippen LogP contribution in [0.4, 0.5) is 0 Å². The Morgan fingerprint density at radius 3 is 2.69 bits per heavy atom. The second-order valence-electron chi connectivity index (χ2n) is 3.48. The van der Waals surface area contributed by atoms with Crippen LogP contribution in [0, 0.1) is 6.92 Å². The van der Waals surface area contributed by atoms with Crippen LogP contribution in [0.5, 0.6) is 0 Å². The van der Waals surface area contributed by atoms with Gasteiger partial charge in [0, 0.05) is 6.04 Å². The molecule has 0 aliphatic heterocycles. The maximum atomic E-state index is 8.94. The average molecular weight is 183 g/mol. The van der Waals surface area contributed by atoms with E-state index in [0.29, 0.717) is 6.04 Å². The monoisotopic (exact) mass is 183 g/mol. The van der Waals surface area contributed by atoms with E-state index in [1.807, 2.05) is 11.5 Å². The lowest BCUT2D eigenvalue weighted by molar-refractivity contribution is 0.262. The van der Waals surface area contributed by atoms with Crippen molar-refractivity contribution < 1.29 is 5.11 Å². The topological polar surface area (TPSA) is 64.1 Å². The van der Waals surface area contributed by atoms with Crippen molar-refractivity contribution in [2.45, 2.75) is 32.9 Å². The molecule has 0 spiro atoms. The highest BCUT2D eigenvalue weighted by atomic mass is 16.3. The van der Waals surface area contributed by atoms with Gasteiger partial charge in [0.1, 0.15) is 5.82 Å². The quantitative estimate of drug-likeness (QED) is 0.727. The molecule has 0 radical (unpaired) electrons. The Hall–Kier alpha value is -0.870. The highest BCUT2D eigenvalue weighted by molar-refractivity contribution is 5.10. The molecule has 0 amide bonds. The molecule has 0 fully saturated rings. The van der Waals surface area contributed by atoms with Gasteiger partial charge >= 0.3 is 0 Å². The number of nitrogens with two attached hydrogens (primary N) is 1. The van der Waals surface area contributed by atoms with Crippen LogP contribution in [-0.4, -0.2) is 21.3 Å². The number of hydrogen-bond acceptors (Lipinski definition) is 3. The number of imidazole rings is 1. The smallest absolute Gasteiger partial charge is 0.105 e. The maximum Gasteiger partial charge on any atom is 0.105 e. The van der Waals surface area contributed by atoms with Gasteiger partial charge in [0.05, 0.1) is 24.5 Å². The minimum atomic E-state index is -0.330. The fourth-order valence-electron chi connectivity index (χ4n) is 1.51. The van der Waals surface area contributed by atoms with Crippen LogP contribution in [0.1, 0.15) is 37.4 Å². The summed E-state index contributed by atoms with van der Waals surface area (Å²) in [6, 6.07) is -0.00120. The van der Waals surface area contributed by atoms with E-state index >= 15 is 0 Å². The fourth-order valence-corrected chi connectivity index (χ4v) is 1.51. The van der Waals surface area contributed by atoms with Crippen molar-refractivity contribution in [1.29, 1.82) is 0 Å². The number of aromatic nitrogens is 2. The molecule has 4 heteroatoms. The van der Waals surface area contributed by atoms with Gasteiger partial charge in [-0.1, -0.05) is 0 Å². The Kier molecular flexibility index (Phi) is 3.06. The predicted molar refractivity (Wildman–Crippen MR) is 51.4 cm³/mol. The van der Waals surface area contributed by atoms with E-state index in [0.717, 1.165) is 11.5 Å². The lowest BCUT2D eigenvalue weighted by Crippen LogP contribution is -2.20. The number of aliphatic hydroxyl groups excluding tert-OH is 1. The van der Waals surface area contributed by atoms with Crippen LogP contribution in [-0.2, 0) is 0 Å². The molecule has 0 saturated heterocycles. The van der Waals surface area contributed by atoms with Gasteiger partial charge in [0.25, 0.3) is 0 Å². The van der Waals surface area contributed by atoms with Crippen molar-refractivity contribution in [2.75, 3.05) is 6.61 Å². The molecule has 0 aliphatic rings. The standard InChI is InChI=1S/C9H17N3O/c1-6(2)12-7(3)11-4-9(12)8(10)5-13/h4,6,8,13H,5,10H2,1-3H3. The predicted octanol–water partition coefficient (Wildman–Crippen LogP) is 0.765. The Labute approximate surface area is 78.4 Å². The summed E-state index contributed by atoms with van der Waals surface area (Å²) < 4.78 is 2.04. The minimum Gasteiger partial charge on any atom is -0.394 e. The largest absolute Gasteiger partial charge is 0.394 e. The molecule has 0 aliphatic carbocycles. The molecule has 1 unspecified atom stereocenters. The SMILES string of the molecule is Cc1ncc(C(N)CO)n1C(C)C. The van der Waals surface area contributed by atoms with Crippen molar-refractivity contribution in [3.8, 4) is 0 Å². The third kappa shape index (κ3) is 1.89. The molecule has 0 saturated carbocycles. The summed E-state index contributed by atoms with van der Waals surface area (Å²) >= 11 is 0. The summed E-state index contributed by atoms with van der Waals surface area (Å²) in [5.74, 6) is 0.939. The van der Waals surface area contributed by atoms with Gasteiger partial charge in [-0.3, -0.25) is 0 Å². The van der Waals surface area contributed by atoms with Crippen LogP contribution in [0.3, 0.4) is 0 Å². The Morgan fingerprint density at radius 2 is 2.23 bits per heavy atom. The zero-order valence-electron chi connectivity index (χ0n) is 8.36. The van der Waals surface area contributed by atoms with Gasteiger partial charge in [0.15, 0.2) is 0 Å². The summed E-state index contributed by atoms with van der Waals surface area (Å²) in [4.78, 5) is 4.18. The molecule has 0 bridgehead atoms. The van der Waals surface area contributed by atoms with Crippen LogP contribution in [0.25, 0.3) is 0 Å². The van der Waals surface area contributed by atoms with Crippen molar-refractivity contribution >= 4 is 0 Å². The van der Waals surface area contributed by atoms with E-state index < -0.39 is 0 Å². The van der Waals surface area contributed by atoms with Crippen molar-refractivity contribution in [2.24, 2.45) is 5.73 Å². The minimum absolute atomic E-state index is 0.0438. The van der Waals surface area contributed by atoms with E-state index in [4.69, 9.17) is 10.8 Å². The molecule has 1 heterocycles. The number of aliphatic hydroxyl groups is 1. The van der Waals surface area contributed by atoms with Crippen molar-refractivity contribution in [3.05, 3.63) is 17.7 Å². The van der Waals surface area contributed by atoms with Gasteiger partial charge in [0.2, 0.25) is 0 Å². The number of rotatable bonds is 3. The van der Waals surface area contributed by atoms with Crippen LogP contribution < -0.4 is 5.73 Å². The molecule has 3 N–H and O–H groups in total. The van der Waals surface area contributed by atoms with E-state index in [2.05, 4.69) is 18.8 Å². The molecular weight excluding hydrogens is 166 g/mol. The molecular formula is C9H17N3O. The van der Waals surface area contributed by atoms with Crippen molar-refractivity contribution in [1.82, 2.24) is 9.55 Å². The molecule has 0 aromatic carbocycles. The van der Waals surface area contributed by atoms with E-state index in [1.165, 1.54) is 0 Å². The molecule has 13 heavy (non-hydrogen) atoms. The Morgan fingerprint density at radius 1 is 1.62 bits per heavy atom. The van der Waals surface area contributed by atoms with E-state index in [9.17, 15) is 0 Å². The second-order valence-corrected chi connectivity index (χ2v) is 3.48. The Balaban J connectivity index is 3.07. The third-order valence-electron chi connectivity index (χ3n) is 2.10. The molecule has 1 atom stereocenters. The van der Waals surface area contributed by atoms with Crippen molar-refractivity contribution in [3.63, 3.8) is 0 Å². The molecule has 74 valence electrons. The fraction of sp³-hybridized carbons (Fsp3) is 0.667. The molecule has 4 nitrogen and oxygen atoms in total. The number of aryl methyl sites for hydroxylation is 1. The lowest BCUT2D eigenvalue weighted by Gasteiger charge is -2.17. The summed E-state index contributed by atoms with van der Waals surface area (Å²) in [5.41, 5.74) is 6.63. The first kappa shape index (κ1) is 10.2. The first-order valence-corrected chi connectivity index (χ1v) is 4.48. The number of hydrogen-bond donors (Lipinski definition) is 2. The van der Waals surface area contributed by atoms with Crippen LogP contribution in [0.15, 0.2) is 6.20 Å². The summed E-state index contributed by atoms with van der Waals surface area (Å²) in [6.07, 6.45) is 1.73. The molecule has 1 rings (SSSR count). The first-order chi connectivity index (χ1) is 6.07. The van der Waals surface area contributed by atoms with Crippen LogP contribution in [0.2, 0.25) is 0 Å². The summed E-state index contributed by atoms with van der Waals surface area (Å²) in [6.45, 7) is 6.04. The van der Waals surface area contributed by atoms with Gasteiger partial charge in [-0.15, -0.1) is 0 Å². The zero-order valence-corrected chi connectivity index (χ0v) is 8.36. The highest BCUT2D eigenvalue weighted by Gasteiger charge is 2.14. The zero-order chi connectivity index (χ0) is 10.0. The van der Waals surface area contributed by atoms with Gasteiger partial charge in [-0.2, -0.15) is 0 Å². The first-order valence-electron chi connectivity index (χ1n) is 4.48. The maximum absolute atomic E-state index is 8.94. The molecule has 1 aromatic rings. The van der Waals surface area contributed by atoms with Gasteiger partial charge in [-0.05, 0) is 20.8 Å². The normalized spacial score (nSPS) is 13.7. The third-order valence-corrected chi connectivity index (χ3v) is 2.10.